The van der Waals surface area contributed by atoms with Crippen molar-refractivity contribution in [2.75, 3.05) is 13.7 Å². The van der Waals surface area contributed by atoms with E-state index in [4.69, 9.17) is 9.15 Å². The van der Waals surface area contributed by atoms with Gasteiger partial charge in [-0.05, 0) is 31.5 Å². The maximum atomic E-state index is 5.74. The van der Waals surface area contributed by atoms with Crippen molar-refractivity contribution in [2.24, 2.45) is 0 Å². The van der Waals surface area contributed by atoms with E-state index < -0.39 is 0 Å². The van der Waals surface area contributed by atoms with Crippen LogP contribution in [-0.2, 0) is 0 Å². The highest BCUT2D eigenvalue weighted by Crippen LogP contribution is 2.27. The molecular formula is C12H14N2O2. The van der Waals surface area contributed by atoms with Crippen molar-refractivity contribution < 1.29 is 9.15 Å². The van der Waals surface area contributed by atoms with E-state index in [-0.39, 0.29) is 6.04 Å². The Kier molecular flexibility index (Phi) is 2.29. The SMILES string of the molecule is COc1ccc2nc(C3CCCN3)oc2c1. The van der Waals surface area contributed by atoms with Gasteiger partial charge in [0.25, 0.3) is 0 Å². The molecular weight excluding hydrogens is 204 g/mol. The number of ether oxygens (including phenoxy) is 1. The molecule has 3 rings (SSSR count). The Morgan fingerprint density at radius 2 is 2.44 bits per heavy atom. The van der Waals surface area contributed by atoms with Gasteiger partial charge >= 0.3 is 0 Å². The van der Waals surface area contributed by atoms with Crippen molar-refractivity contribution in [3.05, 3.63) is 24.1 Å². The van der Waals surface area contributed by atoms with E-state index in [9.17, 15) is 0 Å². The fourth-order valence-corrected chi connectivity index (χ4v) is 2.09. The summed E-state index contributed by atoms with van der Waals surface area (Å²) in [5.41, 5.74) is 1.69. The smallest absolute Gasteiger partial charge is 0.212 e. The van der Waals surface area contributed by atoms with Crippen LogP contribution >= 0.6 is 0 Å². The van der Waals surface area contributed by atoms with Crippen LogP contribution in [0.1, 0.15) is 24.8 Å². The standard InChI is InChI=1S/C12H14N2O2/c1-15-8-4-5-9-11(7-8)16-12(14-9)10-3-2-6-13-10/h4-5,7,10,13H,2-3,6H2,1H3. The maximum absolute atomic E-state index is 5.74. The van der Waals surface area contributed by atoms with Crippen molar-refractivity contribution in [3.63, 3.8) is 0 Å². The molecule has 2 heterocycles. The van der Waals surface area contributed by atoms with Crippen molar-refractivity contribution in [1.82, 2.24) is 10.3 Å². The van der Waals surface area contributed by atoms with Crippen LogP contribution in [0.25, 0.3) is 11.1 Å². The van der Waals surface area contributed by atoms with Gasteiger partial charge in [0.2, 0.25) is 5.89 Å². The minimum absolute atomic E-state index is 0.276. The summed E-state index contributed by atoms with van der Waals surface area (Å²) in [6, 6.07) is 5.98. The molecule has 0 radical (unpaired) electrons. The van der Waals surface area contributed by atoms with Crippen LogP contribution < -0.4 is 10.1 Å². The largest absolute Gasteiger partial charge is 0.497 e. The molecule has 1 aromatic carbocycles. The van der Waals surface area contributed by atoms with E-state index >= 15 is 0 Å². The first-order valence-corrected chi connectivity index (χ1v) is 5.55. The highest BCUT2D eigenvalue weighted by molar-refractivity contribution is 5.74. The molecule has 84 valence electrons. The van der Waals surface area contributed by atoms with Gasteiger partial charge in [0, 0.05) is 6.07 Å². The molecule has 4 heteroatoms. The number of nitrogens with one attached hydrogen (secondary N) is 1. The van der Waals surface area contributed by atoms with Crippen molar-refractivity contribution in [3.8, 4) is 5.75 Å². The molecule has 0 saturated carbocycles. The number of benzene rings is 1. The summed E-state index contributed by atoms with van der Waals surface area (Å²) in [5.74, 6) is 1.59. The molecule has 1 aromatic heterocycles. The zero-order chi connectivity index (χ0) is 11.0. The van der Waals surface area contributed by atoms with Gasteiger partial charge < -0.3 is 14.5 Å². The average molecular weight is 218 g/mol. The van der Waals surface area contributed by atoms with E-state index in [1.54, 1.807) is 7.11 Å². The lowest BCUT2D eigenvalue weighted by atomic mass is 10.2. The average Bonchev–Trinajstić information content (AvgIpc) is 2.96. The van der Waals surface area contributed by atoms with Gasteiger partial charge in [-0.2, -0.15) is 0 Å². The molecule has 2 aromatic rings. The number of fused-ring (bicyclic) bond motifs is 1. The maximum Gasteiger partial charge on any atom is 0.212 e. The Balaban J connectivity index is 2.01. The normalized spacial score (nSPS) is 20.4. The number of hydrogen-bond acceptors (Lipinski definition) is 4. The Morgan fingerprint density at radius 3 is 3.19 bits per heavy atom. The molecule has 1 aliphatic heterocycles. The van der Waals surface area contributed by atoms with Crippen LogP contribution in [0, 0.1) is 0 Å². The molecule has 1 fully saturated rings. The summed E-state index contributed by atoms with van der Waals surface area (Å²) in [6.45, 7) is 1.05. The summed E-state index contributed by atoms with van der Waals surface area (Å²) in [5, 5.41) is 3.37. The van der Waals surface area contributed by atoms with Crippen molar-refractivity contribution >= 4 is 11.1 Å². The molecule has 0 amide bonds. The highest BCUT2D eigenvalue weighted by Gasteiger charge is 2.21. The molecule has 1 saturated heterocycles. The Labute approximate surface area is 93.6 Å². The minimum Gasteiger partial charge on any atom is -0.497 e. The Bertz CT molecular complexity index is 501. The summed E-state index contributed by atoms with van der Waals surface area (Å²) in [6.07, 6.45) is 2.29. The molecule has 0 aliphatic carbocycles. The number of hydrogen-bond donors (Lipinski definition) is 1. The predicted octanol–water partition coefficient (Wildman–Crippen LogP) is 2.26. The second-order valence-electron chi connectivity index (χ2n) is 4.03. The van der Waals surface area contributed by atoms with E-state index in [1.807, 2.05) is 18.2 Å². The van der Waals surface area contributed by atoms with Gasteiger partial charge in [0.05, 0.1) is 13.2 Å². The van der Waals surface area contributed by atoms with Crippen molar-refractivity contribution in [1.29, 1.82) is 0 Å². The third kappa shape index (κ3) is 1.55. The number of rotatable bonds is 2. The van der Waals surface area contributed by atoms with Gasteiger partial charge in [0.15, 0.2) is 5.58 Å². The fraction of sp³-hybridized carbons (Fsp3) is 0.417. The van der Waals surface area contributed by atoms with Gasteiger partial charge in [-0.15, -0.1) is 0 Å². The first kappa shape index (κ1) is 9.66. The van der Waals surface area contributed by atoms with E-state index in [0.717, 1.165) is 35.7 Å². The molecule has 1 unspecified atom stereocenters. The lowest BCUT2D eigenvalue weighted by molar-refractivity contribution is 0.413. The van der Waals surface area contributed by atoms with Gasteiger partial charge in [0.1, 0.15) is 11.3 Å². The van der Waals surface area contributed by atoms with Crippen LogP contribution in [0.15, 0.2) is 22.6 Å². The third-order valence-corrected chi connectivity index (χ3v) is 2.97. The third-order valence-electron chi connectivity index (χ3n) is 2.97. The molecule has 4 nitrogen and oxygen atoms in total. The van der Waals surface area contributed by atoms with Crippen LogP contribution in [0.2, 0.25) is 0 Å². The second-order valence-corrected chi connectivity index (χ2v) is 4.03. The highest BCUT2D eigenvalue weighted by atomic mass is 16.5. The predicted molar refractivity (Wildman–Crippen MR) is 60.5 cm³/mol. The number of nitrogens with zero attached hydrogens (tertiary/aromatic N) is 1. The van der Waals surface area contributed by atoms with Gasteiger partial charge in [-0.25, -0.2) is 4.98 Å². The van der Waals surface area contributed by atoms with E-state index in [0.29, 0.717) is 0 Å². The molecule has 0 bridgehead atoms. The lowest BCUT2D eigenvalue weighted by Gasteiger charge is -2.02. The zero-order valence-corrected chi connectivity index (χ0v) is 9.19. The van der Waals surface area contributed by atoms with Crippen LogP contribution in [-0.4, -0.2) is 18.6 Å². The molecule has 1 N–H and O–H groups in total. The first-order valence-electron chi connectivity index (χ1n) is 5.55. The topological polar surface area (TPSA) is 47.3 Å². The molecule has 1 atom stereocenters. The summed E-state index contributed by atoms with van der Waals surface area (Å²) < 4.78 is 10.9. The summed E-state index contributed by atoms with van der Waals surface area (Å²) in [4.78, 5) is 4.49. The molecule has 16 heavy (non-hydrogen) atoms. The summed E-state index contributed by atoms with van der Waals surface area (Å²) >= 11 is 0. The minimum atomic E-state index is 0.276. The number of aromatic nitrogens is 1. The van der Waals surface area contributed by atoms with Crippen LogP contribution in [0.3, 0.4) is 0 Å². The fourth-order valence-electron chi connectivity index (χ4n) is 2.09. The van der Waals surface area contributed by atoms with E-state index in [1.165, 1.54) is 6.42 Å². The van der Waals surface area contributed by atoms with Crippen molar-refractivity contribution in [2.45, 2.75) is 18.9 Å². The zero-order valence-electron chi connectivity index (χ0n) is 9.19. The Morgan fingerprint density at radius 1 is 1.50 bits per heavy atom. The number of oxazole rings is 1. The van der Waals surface area contributed by atoms with Crippen LogP contribution in [0.5, 0.6) is 5.75 Å². The molecule has 1 aliphatic rings. The van der Waals surface area contributed by atoms with Gasteiger partial charge in [-0.3, -0.25) is 0 Å². The first-order chi connectivity index (χ1) is 7.86. The Hall–Kier alpha value is -1.55. The quantitative estimate of drug-likeness (QED) is 0.839. The monoisotopic (exact) mass is 218 g/mol. The number of methoxy groups -OCH3 is 1. The lowest BCUT2D eigenvalue weighted by Crippen LogP contribution is -2.12. The van der Waals surface area contributed by atoms with E-state index in [2.05, 4.69) is 10.3 Å². The molecule has 0 spiro atoms. The summed E-state index contributed by atoms with van der Waals surface area (Å²) in [7, 11) is 1.65. The van der Waals surface area contributed by atoms with Crippen LogP contribution in [0.4, 0.5) is 0 Å². The second kappa shape index (κ2) is 3.79. The van der Waals surface area contributed by atoms with Gasteiger partial charge in [-0.1, -0.05) is 0 Å².